The average molecular weight is 518 g/mol. The number of benzene rings is 3. The minimum Gasteiger partial charge on any atom is -0.480 e. The van der Waals surface area contributed by atoms with E-state index in [0.717, 1.165) is 27.8 Å². The molecule has 3 aromatic carbocycles. The third-order valence-corrected chi connectivity index (χ3v) is 6.82. The van der Waals surface area contributed by atoms with Crippen molar-refractivity contribution < 1.29 is 23.9 Å². The molecule has 1 fully saturated rings. The van der Waals surface area contributed by atoms with Crippen molar-refractivity contribution in [3.63, 3.8) is 0 Å². The normalized spacial score (nSPS) is 15.6. The number of carbonyl (C=O) groups excluding carboxylic acids is 2. The molecule has 1 aliphatic heterocycles. The zero-order valence-corrected chi connectivity index (χ0v) is 20.5. The number of thioether (sulfide) groups is 1. The quantitative estimate of drug-likeness (QED) is 0.238. The first-order valence-corrected chi connectivity index (χ1v) is 12.2. The summed E-state index contributed by atoms with van der Waals surface area (Å²) in [6, 6.07) is 20.8. The van der Waals surface area contributed by atoms with Gasteiger partial charge in [0.15, 0.2) is 5.78 Å². The summed E-state index contributed by atoms with van der Waals surface area (Å²) in [5.41, 5.74) is 2.22. The maximum atomic E-state index is 13.8. The summed E-state index contributed by atoms with van der Waals surface area (Å²) in [7, 11) is 0. The second kappa shape index (κ2) is 11.2. The molecule has 1 atom stereocenters. The number of carbonyl (C=O) groups is 3. The van der Waals surface area contributed by atoms with E-state index in [2.05, 4.69) is 0 Å². The number of halogens is 1. The Morgan fingerprint density at radius 1 is 0.972 bits per heavy atom. The fourth-order valence-corrected chi connectivity index (χ4v) is 5.01. The van der Waals surface area contributed by atoms with Gasteiger partial charge in [-0.25, -0.2) is 9.18 Å². The number of allylic oxidation sites excluding steroid dienone is 1. The Kier molecular flexibility index (Phi) is 7.87. The van der Waals surface area contributed by atoms with Gasteiger partial charge in [0.2, 0.25) is 0 Å². The first kappa shape index (κ1) is 25.2. The summed E-state index contributed by atoms with van der Waals surface area (Å²) in [4.78, 5) is 38.7. The van der Waals surface area contributed by atoms with Crippen LogP contribution in [0.15, 0.2) is 89.8 Å². The lowest BCUT2D eigenvalue weighted by Crippen LogP contribution is -2.45. The van der Waals surface area contributed by atoms with E-state index >= 15 is 0 Å². The molecular formula is C28H20FNO4S2. The third kappa shape index (κ3) is 5.84. The van der Waals surface area contributed by atoms with Crippen molar-refractivity contribution in [3.8, 4) is 0 Å². The lowest BCUT2D eigenvalue weighted by Gasteiger charge is -2.23. The fourth-order valence-electron chi connectivity index (χ4n) is 3.65. The van der Waals surface area contributed by atoms with Crippen LogP contribution in [0.25, 0.3) is 12.2 Å². The molecule has 0 spiro atoms. The second-order valence-corrected chi connectivity index (χ2v) is 9.62. The van der Waals surface area contributed by atoms with E-state index in [1.165, 1.54) is 24.3 Å². The summed E-state index contributed by atoms with van der Waals surface area (Å²) in [5.74, 6) is -2.59. The summed E-state index contributed by atoms with van der Waals surface area (Å²) < 4.78 is 14.0. The second-order valence-electron chi connectivity index (χ2n) is 7.94. The molecule has 0 aliphatic carbocycles. The van der Waals surface area contributed by atoms with Gasteiger partial charge in [0.25, 0.3) is 5.91 Å². The molecule has 0 bridgehead atoms. The van der Waals surface area contributed by atoms with Gasteiger partial charge in [-0.1, -0.05) is 96.8 Å². The van der Waals surface area contributed by atoms with Crippen LogP contribution in [-0.2, 0) is 16.0 Å². The van der Waals surface area contributed by atoms with Crippen LogP contribution in [0.2, 0.25) is 0 Å². The van der Waals surface area contributed by atoms with Gasteiger partial charge in [0.05, 0.1) is 10.5 Å². The topological polar surface area (TPSA) is 74.7 Å². The Balaban J connectivity index is 1.47. The zero-order valence-electron chi connectivity index (χ0n) is 18.8. The van der Waals surface area contributed by atoms with Crippen molar-refractivity contribution in [2.24, 2.45) is 0 Å². The molecular weight excluding hydrogens is 497 g/mol. The summed E-state index contributed by atoms with van der Waals surface area (Å²) in [6.45, 7) is 0. The summed E-state index contributed by atoms with van der Waals surface area (Å²) in [5, 5.41) is 9.78. The number of amides is 1. The van der Waals surface area contributed by atoms with Gasteiger partial charge >= 0.3 is 5.97 Å². The minimum atomic E-state index is -1.13. The number of thiocarbonyl (C=S) groups is 1. The number of carboxylic acids is 1. The van der Waals surface area contributed by atoms with Gasteiger partial charge in [-0.3, -0.25) is 14.5 Å². The molecule has 180 valence electrons. The SMILES string of the molecule is O=C(/C=C/c1ccc(/C=C2\SC(=S)N([C@@H](Cc3ccccc3)C(=O)O)C2=O)cc1)c1ccccc1F. The van der Waals surface area contributed by atoms with Gasteiger partial charge in [0.1, 0.15) is 16.2 Å². The van der Waals surface area contributed by atoms with Crippen molar-refractivity contribution in [2.45, 2.75) is 12.5 Å². The number of nitrogens with zero attached hydrogens (tertiary/aromatic N) is 1. The van der Waals surface area contributed by atoms with E-state index < -0.39 is 29.5 Å². The standard InChI is InChI=1S/C28H20FNO4S2/c29-22-9-5-4-8-21(22)24(31)15-14-18-10-12-20(13-11-18)17-25-26(32)30(28(35)36-25)23(27(33)34)16-19-6-2-1-3-7-19/h1-15,17,23H,16H2,(H,33,34)/b15-14+,25-17-/t23-/m0/s1. The van der Waals surface area contributed by atoms with Crippen LogP contribution in [0.5, 0.6) is 0 Å². The molecule has 0 saturated carbocycles. The van der Waals surface area contributed by atoms with Gasteiger partial charge < -0.3 is 5.11 Å². The van der Waals surface area contributed by atoms with Gasteiger partial charge in [-0.15, -0.1) is 0 Å². The summed E-state index contributed by atoms with van der Waals surface area (Å²) >= 11 is 6.41. The summed E-state index contributed by atoms with van der Waals surface area (Å²) in [6.07, 6.45) is 4.68. The predicted molar refractivity (Wildman–Crippen MR) is 143 cm³/mol. The van der Waals surface area contributed by atoms with Crippen LogP contribution in [0.3, 0.4) is 0 Å². The molecule has 1 saturated heterocycles. The molecule has 1 aliphatic rings. The highest BCUT2D eigenvalue weighted by molar-refractivity contribution is 8.26. The Labute approximate surface area is 216 Å². The number of hydrogen-bond donors (Lipinski definition) is 1. The molecule has 5 nitrogen and oxygen atoms in total. The smallest absolute Gasteiger partial charge is 0.327 e. The molecule has 8 heteroatoms. The van der Waals surface area contributed by atoms with Gasteiger partial charge in [0, 0.05) is 6.42 Å². The highest BCUT2D eigenvalue weighted by Crippen LogP contribution is 2.34. The average Bonchev–Trinajstić information content (AvgIpc) is 3.15. The van der Waals surface area contributed by atoms with Crippen LogP contribution in [0.1, 0.15) is 27.0 Å². The van der Waals surface area contributed by atoms with Crippen molar-refractivity contribution >= 4 is 58.1 Å². The van der Waals surface area contributed by atoms with Crippen LogP contribution in [0.4, 0.5) is 4.39 Å². The highest BCUT2D eigenvalue weighted by atomic mass is 32.2. The Morgan fingerprint density at radius 3 is 2.28 bits per heavy atom. The van der Waals surface area contributed by atoms with Gasteiger partial charge in [-0.2, -0.15) is 0 Å². The maximum absolute atomic E-state index is 13.8. The van der Waals surface area contributed by atoms with Crippen LogP contribution >= 0.6 is 24.0 Å². The minimum absolute atomic E-state index is 0.000624. The Morgan fingerprint density at radius 2 is 1.61 bits per heavy atom. The molecule has 0 radical (unpaired) electrons. The number of aliphatic carboxylic acids is 1. The molecule has 36 heavy (non-hydrogen) atoms. The Bertz CT molecular complexity index is 1380. The van der Waals surface area contributed by atoms with E-state index in [-0.39, 0.29) is 16.3 Å². The third-order valence-electron chi connectivity index (χ3n) is 5.49. The molecule has 1 amide bonds. The van der Waals surface area contributed by atoms with Gasteiger partial charge in [-0.05, 0) is 41.0 Å². The van der Waals surface area contributed by atoms with Crippen molar-refractivity contribution in [2.75, 3.05) is 0 Å². The number of carboxylic acid groups (broad SMARTS) is 1. The van der Waals surface area contributed by atoms with Crippen LogP contribution in [-0.4, -0.2) is 38.0 Å². The lowest BCUT2D eigenvalue weighted by molar-refractivity contribution is -0.145. The number of rotatable bonds is 8. The molecule has 0 unspecified atom stereocenters. The first-order chi connectivity index (χ1) is 17.3. The molecule has 0 aromatic heterocycles. The van der Waals surface area contributed by atoms with Crippen LogP contribution in [0, 0.1) is 5.82 Å². The monoisotopic (exact) mass is 517 g/mol. The largest absolute Gasteiger partial charge is 0.480 e. The van der Waals surface area contributed by atoms with Crippen molar-refractivity contribution in [3.05, 3.63) is 118 Å². The Hall–Kier alpha value is -3.88. The van der Waals surface area contributed by atoms with Crippen molar-refractivity contribution in [1.82, 2.24) is 4.90 Å². The number of ketones is 1. The molecule has 3 aromatic rings. The van der Waals surface area contributed by atoms with E-state index in [4.69, 9.17) is 12.2 Å². The van der Waals surface area contributed by atoms with E-state index in [1.807, 2.05) is 30.3 Å². The molecule has 4 rings (SSSR count). The highest BCUT2D eigenvalue weighted by Gasteiger charge is 2.40. The first-order valence-electron chi connectivity index (χ1n) is 10.9. The lowest BCUT2D eigenvalue weighted by atomic mass is 10.0. The van der Waals surface area contributed by atoms with Crippen molar-refractivity contribution in [1.29, 1.82) is 0 Å². The van der Waals surface area contributed by atoms with E-state index in [1.54, 1.807) is 42.5 Å². The van der Waals surface area contributed by atoms with E-state index in [0.29, 0.717) is 10.5 Å². The zero-order chi connectivity index (χ0) is 25.7. The van der Waals surface area contributed by atoms with E-state index in [9.17, 15) is 23.9 Å². The fraction of sp³-hybridized carbons (Fsp3) is 0.0714. The maximum Gasteiger partial charge on any atom is 0.327 e. The molecule has 1 heterocycles. The number of hydrogen-bond acceptors (Lipinski definition) is 5. The molecule has 1 N–H and O–H groups in total. The predicted octanol–water partition coefficient (Wildman–Crippen LogP) is 5.62. The van der Waals surface area contributed by atoms with Crippen LogP contribution < -0.4 is 0 Å².